The SMILES string of the molecule is Cc1cc(C(=O)N2CC(CN3CCC(O)(CCCc4ccccc4)CC3)C(c3ccsc3)C2)ccc1Cl. The zero-order valence-electron chi connectivity index (χ0n) is 21.6. The van der Waals surface area contributed by atoms with E-state index in [9.17, 15) is 9.90 Å². The van der Waals surface area contributed by atoms with Crippen LogP contribution in [0.25, 0.3) is 0 Å². The summed E-state index contributed by atoms with van der Waals surface area (Å²) in [6.45, 7) is 6.25. The molecule has 2 aliphatic rings. The maximum absolute atomic E-state index is 13.4. The van der Waals surface area contributed by atoms with Crippen LogP contribution >= 0.6 is 22.9 Å². The van der Waals surface area contributed by atoms with Gasteiger partial charge in [-0.1, -0.05) is 41.9 Å². The molecule has 2 aromatic carbocycles. The molecule has 2 atom stereocenters. The highest BCUT2D eigenvalue weighted by molar-refractivity contribution is 7.08. The molecule has 196 valence electrons. The van der Waals surface area contributed by atoms with Gasteiger partial charge in [-0.25, -0.2) is 0 Å². The van der Waals surface area contributed by atoms with E-state index in [-0.39, 0.29) is 5.91 Å². The van der Waals surface area contributed by atoms with Crippen molar-refractivity contribution in [1.29, 1.82) is 0 Å². The molecular formula is C31H37ClN2O2S. The number of hydrogen-bond donors (Lipinski definition) is 1. The number of aryl methyl sites for hydroxylation is 2. The highest BCUT2D eigenvalue weighted by atomic mass is 35.5. The minimum absolute atomic E-state index is 0.0916. The zero-order valence-corrected chi connectivity index (χ0v) is 23.2. The first-order valence-corrected chi connectivity index (χ1v) is 14.8. The first-order chi connectivity index (χ1) is 17.9. The normalized spacial score (nSPS) is 21.9. The van der Waals surface area contributed by atoms with E-state index in [0.717, 1.165) is 70.4 Å². The Kier molecular flexibility index (Phi) is 8.35. The van der Waals surface area contributed by atoms with Gasteiger partial charge in [0.2, 0.25) is 0 Å². The third-order valence-corrected chi connectivity index (χ3v) is 9.46. The van der Waals surface area contributed by atoms with Crippen LogP contribution in [0, 0.1) is 12.8 Å². The molecule has 5 rings (SSSR count). The molecule has 4 nitrogen and oxygen atoms in total. The summed E-state index contributed by atoms with van der Waals surface area (Å²) in [5.74, 6) is 0.820. The minimum atomic E-state index is -0.553. The smallest absolute Gasteiger partial charge is 0.253 e. The van der Waals surface area contributed by atoms with E-state index in [1.807, 2.05) is 36.1 Å². The first-order valence-electron chi connectivity index (χ1n) is 13.5. The number of hydrogen-bond acceptors (Lipinski definition) is 4. The van der Waals surface area contributed by atoms with Gasteiger partial charge in [-0.3, -0.25) is 4.79 Å². The molecule has 0 spiro atoms. The van der Waals surface area contributed by atoms with Crippen molar-refractivity contribution < 1.29 is 9.90 Å². The Bertz CT molecular complexity index is 1180. The van der Waals surface area contributed by atoms with E-state index in [0.29, 0.717) is 22.4 Å². The van der Waals surface area contributed by atoms with Crippen molar-refractivity contribution in [3.8, 4) is 0 Å². The highest BCUT2D eigenvalue weighted by Crippen LogP contribution is 2.37. The third kappa shape index (κ3) is 6.46. The van der Waals surface area contributed by atoms with E-state index >= 15 is 0 Å². The van der Waals surface area contributed by atoms with Gasteiger partial charge in [0.1, 0.15) is 0 Å². The molecule has 3 heterocycles. The van der Waals surface area contributed by atoms with Crippen LogP contribution in [0.1, 0.15) is 58.6 Å². The summed E-state index contributed by atoms with van der Waals surface area (Å²) in [5, 5.41) is 16.3. The largest absolute Gasteiger partial charge is 0.390 e. The molecular weight excluding hydrogens is 500 g/mol. The Balaban J connectivity index is 1.18. The fourth-order valence-electron chi connectivity index (χ4n) is 6.05. The lowest BCUT2D eigenvalue weighted by Gasteiger charge is -2.39. The molecule has 0 radical (unpaired) electrons. The third-order valence-electron chi connectivity index (χ3n) is 8.33. The summed E-state index contributed by atoms with van der Waals surface area (Å²) in [6, 6.07) is 18.3. The van der Waals surface area contributed by atoms with Crippen LogP contribution in [0.2, 0.25) is 5.02 Å². The van der Waals surface area contributed by atoms with Crippen LogP contribution < -0.4 is 0 Å². The van der Waals surface area contributed by atoms with Gasteiger partial charge in [-0.15, -0.1) is 0 Å². The Morgan fingerprint density at radius 2 is 1.89 bits per heavy atom. The summed E-state index contributed by atoms with van der Waals surface area (Å²) in [7, 11) is 0. The molecule has 37 heavy (non-hydrogen) atoms. The maximum Gasteiger partial charge on any atom is 0.253 e. The average Bonchev–Trinajstić information content (AvgIpc) is 3.58. The number of amides is 1. The van der Waals surface area contributed by atoms with Crippen molar-refractivity contribution in [2.75, 3.05) is 32.7 Å². The van der Waals surface area contributed by atoms with Gasteiger partial charge in [0.05, 0.1) is 5.60 Å². The van der Waals surface area contributed by atoms with Crippen molar-refractivity contribution in [2.45, 2.75) is 50.5 Å². The van der Waals surface area contributed by atoms with E-state index in [1.165, 1.54) is 11.1 Å². The second kappa shape index (κ2) is 11.7. The first kappa shape index (κ1) is 26.4. The summed E-state index contributed by atoms with van der Waals surface area (Å²) >= 11 is 7.92. The lowest BCUT2D eigenvalue weighted by atomic mass is 9.84. The summed E-state index contributed by atoms with van der Waals surface area (Å²) in [4.78, 5) is 17.9. The van der Waals surface area contributed by atoms with E-state index < -0.39 is 5.60 Å². The van der Waals surface area contributed by atoms with Crippen molar-refractivity contribution >= 4 is 28.8 Å². The molecule has 0 saturated carbocycles. The number of nitrogens with zero attached hydrogens (tertiary/aromatic N) is 2. The average molecular weight is 537 g/mol. The van der Waals surface area contributed by atoms with Crippen molar-refractivity contribution in [2.24, 2.45) is 5.92 Å². The Labute approximate surface area is 229 Å². The van der Waals surface area contributed by atoms with E-state index in [4.69, 9.17) is 11.6 Å². The topological polar surface area (TPSA) is 43.8 Å². The van der Waals surface area contributed by atoms with Gasteiger partial charge in [0.15, 0.2) is 0 Å². The molecule has 2 saturated heterocycles. The number of likely N-dealkylation sites (tertiary alicyclic amines) is 2. The fourth-order valence-corrected chi connectivity index (χ4v) is 6.89. The number of halogens is 1. The standard InChI is InChI=1S/C31H37ClN2O2S/c1-23-18-25(9-10-29(23)32)30(35)34-20-27(28(21-34)26-11-17-37-22-26)19-33-15-13-31(36,14-16-33)12-5-8-24-6-3-2-4-7-24/h2-4,6-7,9-11,17-18,22,27-28,36H,5,8,12-16,19-21H2,1H3. The van der Waals surface area contributed by atoms with Crippen LogP contribution in [-0.4, -0.2) is 59.1 Å². The van der Waals surface area contributed by atoms with Gasteiger partial charge in [-0.2, -0.15) is 11.3 Å². The Morgan fingerprint density at radius 1 is 1.11 bits per heavy atom. The molecule has 3 aromatic rings. The van der Waals surface area contributed by atoms with Crippen LogP contribution in [0.5, 0.6) is 0 Å². The van der Waals surface area contributed by atoms with Gasteiger partial charge < -0.3 is 14.9 Å². The molecule has 1 aromatic heterocycles. The zero-order chi connectivity index (χ0) is 25.8. The van der Waals surface area contributed by atoms with Crippen LogP contribution in [0.15, 0.2) is 65.4 Å². The van der Waals surface area contributed by atoms with Crippen LogP contribution in [-0.2, 0) is 6.42 Å². The predicted octanol–water partition coefficient (Wildman–Crippen LogP) is 6.42. The van der Waals surface area contributed by atoms with Gasteiger partial charge in [0, 0.05) is 49.2 Å². The van der Waals surface area contributed by atoms with Crippen molar-refractivity contribution in [3.05, 3.63) is 92.6 Å². The summed E-state index contributed by atoms with van der Waals surface area (Å²) in [5.41, 5.74) is 3.78. The summed E-state index contributed by atoms with van der Waals surface area (Å²) in [6.07, 6.45) is 4.55. The second-order valence-electron chi connectivity index (χ2n) is 11.0. The molecule has 2 aliphatic heterocycles. The second-order valence-corrected chi connectivity index (χ2v) is 12.1. The number of piperidine rings is 1. The number of carbonyl (C=O) groups is 1. The van der Waals surface area contributed by atoms with Crippen molar-refractivity contribution in [3.63, 3.8) is 0 Å². The monoisotopic (exact) mass is 536 g/mol. The van der Waals surface area contributed by atoms with Gasteiger partial charge >= 0.3 is 0 Å². The van der Waals surface area contributed by atoms with Gasteiger partial charge in [-0.05, 0) is 96.7 Å². The quantitative estimate of drug-likeness (QED) is 0.361. The molecule has 6 heteroatoms. The Morgan fingerprint density at radius 3 is 2.59 bits per heavy atom. The van der Waals surface area contributed by atoms with Gasteiger partial charge in [0.25, 0.3) is 5.91 Å². The lowest BCUT2D eigenvalue weighted by molar-refractivity contribution is -0.0315. The molecule has 0 aliphatic carbocycles. The highest BCUT2D eigenvalue weighted by Gasteiger charge is 2.39. The Hall–Kier alpha value is -2.18. The molecule has 2 unspecified atom stereocenters. The summed E-state index contributed by atoms with van der Waals surface area (Å²) < 4.78 is 0. The number of carbonyl (C=O) groups excluding carboxylic acids is 1. The lowest BCUT2D eigenvalue weighted by Crippen LogP contribution is -2.46. The molecule has 1 amide bonds. The van der Waals surface area contributed by atoms with E-state index in [1.54, 1.807) is 11.3 Å². The number of benzene rings is 2. The molecule has 1 N–H and O–H groups in total. The molecule has 2 fully saturated rings. The molecule has 0 bridgehead atoms. The fraction of sp³-hybridized carbons (Fsp3) is 0.452. The van der Waals surface area contributed by atoms with Crippen LogP contribution in [0.3, 0.4) is 0 Å². The predicted molar refractivity (Wildman–Crippen MR) is 153 cm³/mol. The van der Waals surface area contributed by atoms with E-state index in [2.05, 4.69) is 46.0 Å². The number of rotatable bonds is 8. The number of aliphatic hydroxyl groups is 1. The van der Waals surface area contributed by atoms with Crippen molar-refractivity contribution in [1.82, 2.24) is 9.80 Å². The number of thiophene rings is 1. The minimum Gasteiger partial charge on any atom is -0.390 e. The maximum atomic E-state index is 13.4. The van der Waals surface area contributed by atoms with Crippen LogP contribution in [0.4, 0.5) is 0 Å².